The molecule has 0 unspecified atom stereocenters. The average Bonchev–Trinajstić information content (AvgIpc) is 1.63. The van der Waals surface area contributed by atoms with E-state index < -0.39 is 10.8 Å². The normalized spacial score (nSPS) is 13.2. The minimum Gasteiger partial charge on any atom is -0.228 e. The summed E-state index contributed by atoms with van der Waals surface area (Å²) in [6.45, 7) is 0. The predicted octanol–water partition coefficient (Wildman–Crippen LogP) is 19.1. The number of hydrogen-bond acceptors (Lipinski definition) is 4. The van der Waals surface area contributed by atoms with Gasteiger partial charge in [0.2, 0.25) is 0 Å². The molecule has 0 amide bonds. The van der Waals surface area contributed by atoms with E-state index in [0.29, 0.717) is 11.6 Å². The summed E-state index contributed by atoms with van der Waals surface area (Å²) < 4.78 is 0. The Labute approximate surface area is 488 Å². The molecule has 16 rings (SSSR count). The Morgan fingerprint density at radius 2 is 0.476 bits per heavy atom. The second kappa shape index (κ2) is 19.9. The number of hydrogen-bond donors (Lipinski definition) is 0. The summed E-state index contributed by atoms with van der Waals surface area (Å²) in [7, 11) is 0. The van der Waals surface area contributed by atoms with E-state index in [1.165, 1.54) is 66.8 Å². The summed E-state index contributed by atoms with van der Waals surface area (Å²) in [5, 5.41) is 2.01. The Hall–Kier alpha value is -10.9. The van der Waals surface area contributed by atoms with Crippen molar-refractivity contribution in [2.45, 2.75) is 10.8 Å². The fraction of sp³-hybridized carbons (Fsp3) is 0.0250. The number of fused-ring (bicyclic) bond motifs is 7. The zero-order chi connectivity index (χ0) is 55.6. The van der Waals surface area contributed by atoms with Crippen LogP contribution < -0.4 is 0 Å². The van der Waals surface area contributed by atoms with Gasteiger partial charge in [0.1, 0.15) is 0 Å². The summed E-state index contributed by atoms with van der Waals surface area (Å²) in [6, 6.07) is 114. The molecule has 2 heterocycles. The van der Waals surface area contributed by atoms with Crippen molar-refractivity contribution < 1.29 is 0 Å². The van der Waals surface area contributed by atoms with Crippen LogP contribution in [0.25, 0.3) is 101 Å². The van der Waals surface area contributed by atoms with Crippen LogP contribution in [0.1, 0.15) is 44.5 Å². The Morgan fingerprint density at radius 3 is 0.833 bits per heavy atom. The zero-order valence-corrected chi connectivity index (χ0v) is 45.8. The van der Waals surface area contributed by atoms with Gasteiger partial charge in [0.25, 0.3) is 0 Å². The molecule has 0 saturated carbocycles. The van der Waals surface area contributed by atoms with Gasteiger partial charge in [-0.25, -0.2) is 19.9 Å². The molecule has 0 saturated heterocycles. The highest BCUT2D eigenvalue weighted by atomic mass is 14.9. The second-order valence-corrected chi connectivity index (χ2v) is 21.9. The predicted molar refractivity (Wildman–Crippen MR) is 342 cm³/mol. The third kappa shape index (κ3) is 7.68. The van der Waals surface area contributed by atoms with Gasteiger partial charge in [0.05, 0.1) is 33.6 Å². The zero-order valence-electron chi connectivity index (χ0n) is 45.8. The van der Waals surface area contributed by atoms with E-state index >= 15 is 0 Å². The van der Waals surface area contributed by atoms with Crippen molar-refractivity contribution >= 4 is 10.8 Å². The molecule has 2 aliphatic rings. The van der Waals surface area contributed by atoms with Crippen LogP contribution in [0, 0.1) is 0 Å². The Morgan fingerprint density at radius 1 is 0.190 bits per heavy atom. The molecule has 0 aliphatic heterocycles. The summed E-state index contributed by atoms with van der Waals surface area (Å²) in [5.74, 6) is 1.27. The lowest BCUT2D eigenvalue weighted by atomic mass is 9.67. The quantitative estimate of drug-likeness (QED) is 0.137. The molecule has 0 N–H and O–H groups in total. The lowest BCUT2D eigenvalue weighted by Crippen LogP contribution is -2.28. The summed E-state index contributed by atoms with van der Waals surface area (Å²) in [6.07, 6.45) is 0. The topological polar surface area (TPSA) is 51.6 Å². The molecule has 4 nitrogen and oxygen atoms in total. The van der Waals surface area contributed by atoms with Crippen LogP contribution in [-0.2, 0) is 10.8 Å². The molecule has 2 aromatic heterocycles. The molecule has 0 radical (unpaired) electrons. The highest BCUT2D eigenvalue weighted by Crippen LogP contribution is 2.58. The Balaban J connectivity index is 0.870. The van der Waals surface area contributed by atoms with E-state index in [1.807, 2.05) is 0 Å². The van der Waals surface area contributed by atoms with Crippen molar-refractivity contribution in [2.24, 2.45) is 0 Å². The second-order valence-electron chi connectivity index (χ2n) is 21.9. The highest BCUT2D eigenvalue weighted by molar-refractivity contribution is 6.03. The van der Waals surface area contributed by atoms with Gasteiger partial charge in [-0.2, -0.15) is 0 Å². The number of aromatic nitrogens is 4. The van der Waals surface area contributed by atoms with E-state index in [0.717, 1.165) is 66.9 Å². The first-order valence-electron chi connectivity index (χ1n) is 28.8. The Bertz CT molecular complexity index is 4430. The molecule has 84 heavy (non-hydrogen) atoms. The minimum atomic E-state index is -0.560. The average molecular weight is 1070 g/mol. The van der Waals surface area contributed by atoms with Gasteiger partial charge < -0.3 is 0 Å². The van der Waals surface area contributed by atoms with Crippen molar-refractivity contribution in [1.82, 2.24) is 19.9 Å². The van der Waals surface area contributed by atoms with Crippen molar-refractivity contribution in [3.05, 3.63) is 360 Å². The van der Waals surface area contributed by atoms with Crippen LogP contribution >= 0.6 is 0 Å². The van der Waals surface area contributed by atoms with Gasteiger partial charge in [-0.15, -0.1) is 0 Å². The Kier molecular flexibility index (Phi) is 11.6. The first kappa shape index (κ1) is 48.9. The van der Waals surface area contributed by atoms with Gasteiger partial charge in [0, 0.05) is 33.4 Å². The van der Waals surface area contributed by atoms with E-state index in [9.17, 15) is 0 Å². The fourth-order valence-corrected chi connectivity index (χ4v) is 13.9. The first-order valence-corrected chi connectivity index (χ1v) is 28.8. The van der Waals surface area contributed by atoms with Crippen LogP contribution in [-0.4, -0.2) is 19.9 Å². The maximum atomic E-state index is 5.58. The number of nitrogens with zero attached hydrogens (tertiary/aromatic N) is 4. The first-order chi connectivity index (χ1) is 41.6. The van der Waals surface area contributed by atoms with Crippen molar-refractivity contribution in [1.29, 1.82) is 0 Å². The fourth-order valence-electron chi connectivity index (χ4n) is 13.9. The van der Waals surface area contributed by atoms with Crippen LogP contribution in [0.2, 0.25) is 0 Å². The molecule has 0 atom stereocenters. The lowest BCUT2D eigenvalue weighted by Gasteiger charge is -2.34. The van der Waals surface area contributed by atoms with Gasteiger partial charge in [0.15, 0.2) is 11.6 Å². The molecular weight excluding hydrogens is 1020 g/mol. The van der Waals surface area contributed by atoms with Crippen molar-refractivity contribution in [3.8, 4) is 90.1 Å². The molecule has 2 aliphatic carbocycles. The van der Waals surface area contributed by atoms with E-state index in [4.69, 9.17) is 19.9 Å². The van der Waals surface area contributed by atoms with Gasteiger partial charge in [-0.05, 0) is 102 Å². The largest absolute Gasteiger partial charge is 0.228 e. The van der Waals surface area contributed by atoms with Crippen molar-refractivity contribution in [2.75, 3.05) is 0 Å². The summed E-state index contributed by atoms with van der Waals surface area (Å²) in [5.41, 5.74) is 22.9. The standard InChI is InChI=1S/C80H52N4/c1-7-25-53(26-8-1)73-51-75(55-45-47-65-63-37-19-21-43-69(63)79(71(65)49-55,57-29-11-3-12-30-57)58-31-13-4-14-32-58)83-77(81-73)67-41-23-40-62-61(67)39-24-42-68(62)78-82-74(54-27-9-2-10-28-54)52-76(84-78)56-46-48-66-64-38-20-22-44-70(64)80(72(66)50-56,59-33-15-5-16-34-59)60-35-17-6-18-36-60/h1-52H. The van der Waals surface area contributed by atoms with E-state index in [1.54, 1.807) is 0 Å². The van der Waals surface area contributed by atoms with Gasteiger partial charge >= 0.3 is 0 Å². The number of benzene rings is 12. The minimum absolute atomic E-state index is 0.560. The van der Waals surface area contributed by atoms with Crippen LogP contribution in [0.4, 0.5) is 0 Å². The van der Waals surface area contributed by atoms with Crippen LogP contribution in [0.3, 0.4) is 0 Å². The highest BCUT2D eigenvalue weighted by Gasteiger charge is 2.47. The number of rotatable bonds is 10. The van der Waals surface area contributed by atoms with Crippen LogP contribution in [0.5, 0.6) is 0 Å². The SMILES string of the molecule is c1ccc(-c2cc(-c3ccc4c(c3)C(c3ccccc3)(c3ccccc3)c3ccccc3-4)nc(-c3cccc4c(-c5nc(-c6ccccc6)cc(-c6ccc7c(c6)C(c6ccccc6)(c6ccccc6)c6ccccc6-7)n5)cccc34)n2)cc1. The van der Waals surface area contributed by atoms with Gasteiger partial charge in [-0.3, -0.25) is 0 Å². The summed E-state index contributed by atoms with van der Waals surface area (Å²) >= 11 is 0. The molecule has 12 aromatic carbocycles. The molecule has 4 heteroatoms. The molecule has 392 valence electrons. The summed E-state index contributed by atoms with van der Waals surface area (Å²) in [4.78, 5) is 22.1. The third-order valence-corrected chi connectivity index (χ3v) is 17.5. The van der Waals surface area contributed by atoms with E-state index in [-0.39, 0.29) is 0 Å². The third-order valence-electron chi connectivity index (χ3n) is 17.5. The van der Waals surface area contributed by atoms with Crippen molar-refractivity contribution in [3.63, 3.8) is 0 Å². The molecule has 0 spiro atoms. The maximum absolute atomic E-state index is 5.58. The van der Waals surface area contributed by atoms with Gasteiger partial charge in [-0.1, -0.05) is 291 Å². The molecule has 14 aromatic rings. The van der Waals surface area contributed by atoms with Crippen LogP contribution in [0.15, 0.2) is 315 Å². The van der Waals surface area contributed by atoms with E-state index in [2.05, 4.69) is 315 Å². The molecule has 0 bridgehead atoms. The molecule has 0 fully saturated rings. The lowest BCUT2D eigenvalue weighted by molar-refractivity contribution is 0.768. The smallest absolute Gasteiger partial charge is 0.161 e. The monoisotopic (exact) mass is 1070 g/mol. The maximum Gasteiger partial charge on any atom is 0.161 e. The molecular formula is C80H52N4.